The van der Waals surface area contributed by atoms with Crippen LogP contribution in [0.1, 0.15) is 105 Å². The van der Waals surface area contributed by atoms with E-state index in [1.807, 2.05) is 14.1 Å². The SMILES string of the molecule is CC(C)CCC[C@H](C)[C@H]1CC[C@H]2[C@@H]3CC=C4C[C@@H](OC(=O)NCCN(C)C)CC[C@]4(C)[C@H]3CC[C@]12C. The molecule has 3 fully saturated rings. The third kappa shape index (κ3) is 5.69. The highest BCUT2D eigenvalue weighted by molar-refractivity contribution is 5.67. The highest BCUT2D eigenvalue weighted by atomic mass is 16.6. The predicted molar refractivity (Wildman–Crippen MR) is 150 cm³/mol. The number of nitrogens with zero attached hydrogens (tertiary/aromatic N) is 1. The van der Waals surface area contributed by atoms with Gasteiger partial charge in [-0.15, -0.1) is 0 Å². The van der Waals surface area contributed by atoms with Crippen molar-refractivity contribution in [2.45, 2.75) is 111 Å². The second-order valence-corrected chi connectivity index (χ2v) is 14.3. The van der Waals surface area contributed by atoms with E-state index in [0.29, 0.717) is 17.4 Å². The lowest BCUT2D eigenvalue weighted by Gasteiger charge is -2.58. The van der Waals surface area contributed by atoms with Crippen LogP contribution in [-0.2, 0) is 4.74 Å². The molecule has 0 aromatic heterocycles. The number of alkyl carbamates (subject to hydrolysis) is 1. The predicted octanol–water partition coefficient (Wildman–Crippen LogP) is 7.68. The normalized spacial score (nSPS) is 38.7. The molecular formula is C32H56N2O2. The van der Waals surface area contributed by atoms with Gasteiger partial charge >= 0.3 is 6.09 Å². The van der Waals surface area contributed by atoms with Gasteiger partial charge in [-0.05, 0) is 105 Å². The number of ether oxygens (including phenoxy) is 1. The van der Waals surface area contributed by atoms with Crippen LogP contribution in [0.25, 0.3) is 0 Å². The number of carbonyl (C=O) groups excluding carboxylic acids is 1. The first-order valence-corrected chi connectivity index (χ1v) is 15.3. The zero-order valence-electron chi connectivity index (χ0n) is 24.6. The molecule has 36 heavy (non-hydrogen) atoms. The lowest BCUT2D eigenvalue weighted by Crippen LogP contribution is -2.51. The summed E-state index contributed by atoms with van der Waals surface area (Å²) in [5.74, 6) is 5.21. The first kappa shape index (κ1) is 28.0. The van der Waals surface area contributed by atoms with Crippen molar-refractivity contribution in [1.29, 1.82) is 0 Å². The van der Waals surface area contributed by atoms with E-state index >= 15 is 0 Å². The van der Waals surface area contributed by atoms with E-state index in [9.17, 15) is 4.79 Å². The van der Waals surface area contributed by atoms with Crippen LogP contribution >= 0.6 is 0 Å². The highest BCUT2D eigenvalue weighted by Crippen LogP contribution is 2.67. The average Bonchev–Trinajstić information content (AvgIpc) is 3.16. The number of rotatable bonds is 9. The van der Waals surface area contributed by atoms with Gasteiger partial charge in [-0.3, -0.25) is 0 Å². The summed E-state index contributed by atoms with van der Waals surface area (Å²) in [6.45, 7) is 14.0. The van der Waals surface area contributed by atoms with Gasteiger partial charge in [-0.2, -0.15) is 0 Å². The highest BCUT2D eigenvalue weighted by Gasteiger charge is 2.59. The van der Waals surface area contributed by atoms with E-state index in [1.165, 1.54) is 57.8 Å². The Kier molecular flexibility index (Phi) is 8.85. The maximum atomic E-state index is 12.3. The number of fused-ring (bicyclic) bond motifs is 5. The molecule has 4 aliphatic carbocycles. The number of amides is 1. The lowest BCUT2D eigenvalue weighted by molar-refractivity contribution is -0.0581. The minimum absolute atomic E-state index is 0.0386. The Morgan fingerprint density at radius 1 is 1.08 bits per heavy atom. The number of allylic oxidation sites excluding steroid dienone is 1. The molecule has 0 bridgehead atoms. The fourth-order valence-electron chi connectivity index (χ4n) is 9.33. The van der Waals surface area contributed by atoms with Crippen molar-refractivity contribution in [1.82, 2.24) is 10.2 Å². The second-order valence-electron chi connectivity index (χ2n) is 14.3. The van der Waals surface area contributed by atoms with Gasteiger partial charge in [0.05, 0.1) is 0 Å². The molecule has 0 aromatic rings. The van der Waals surface area contributed by atoms with Crippen molar-refractivity contribution in [3.05, 3.63) is 11.6 Å². The smallest absolute Gasteiger partial charge is 0.407 e. The van der Waals surface area contributed by atoms with Crippen molar-refractivity contribution in [3.8, 4) is 0 Å². The molecule has 0 radical (unpaired) electrons. The molecule has 4 aliphatic rings. The summed E-state index contributed by atoms with van der Waals surface area (Å²) in [7, 11) is 4.04. The van der Waals surface area contributed by atoms with Crippen LogP contribution in [-0.4, -0.2) is 44.3 Å². The summed E-state index contributed by atoms with van der Waals surface area (Å²) in [5.41, 5.74) is 2.46. The van der Waals surface area contributed by atoms with Gasteiger partial charge in [0, 0.05) is 19.5 Å². The maximum absolute atomic E-state index is 12.3. The molecule has 1 amide bonds. The van der Waals surface area contributed by atoms with Crippen LogP contribution in [0.5, 0.6) is 0 Å². The van der Waals surface area contributed by atoms with E-state index in [0.717, 1.165) is 54.9 Å². The third-order valence-electron chi connectivity index (χ3n) is 11.4. The van der Waals surface area contributed by atoms with Crippen molar-refractivity contribution in [3.63, 3.8) is 0 Å². The van der Waals surface area contributed by atoms with E-state index in [4.69, 9.17) is 4.74 Å². The molecule has 0 heterocycles. The van der Waals surface area contributed by atoms with Crippen molar-refractivity contribution >= 4 is 6.09 Å². The molecule has 0 aromatic carbocycles. The standard InChI is InChI=1S/C32H56N2O2/c1-22(2)9-8-10-23(3)27-13-14-28-26-12-11-24-21-25(36-30(35)33-19-20-34(6)7)15-17-31(24,4)29(26)16-18-32(27,28)5/h11,22-23,25-29H,8-10,12-21H2,1-7H3,(H,33,35)/t23-,25-,26-,27+,28-,29-,31-,32+/m0/s1. The van der Waals surface area contributed by atoms with Crippen molar-refractivity contribution < 1.29 is 9.53 Å². The number of hydrogen-bond donors (Lipinski definition) is 1. The molecule has 0 unspecified atom stereocenters. The van der Waals surface area contributed by atoms with Crippen LogP contribution < -0.4 is 5.32 Å². The summed E-state index contributed by atoms with van der Waals surface area (Å²) in [4.78, 5) is 14.4. The Hall–Kier alpha value is -1.03. The second kappa shape index (κ2) is 11.4. The van der Waals surface area contributed by atoms with Crippen LogP contribution in [0.3, 0.4) is 0 Å². The Bertz CT molecular complexity index is 791. The van der Waals surface area contributed by atoms with E-state index in [2.05, 4.69) is 50.9 Å². The molecule has 4 heteroatoms. The van der Waals surface area contributed by atoms with Crippen molar-refractivity contribution in [2.75, 3.05) is 27.2 Å². The summed E-state index contributed by atoms with van der Waals surface area (Å²) in [6.07, 6.45) is 16.7. The number of nitrogens with one attached hydrogen (secondary N) is 1. The molecule has 0 aliphatic heterocycles. The number of hydrogen-bond acceptors (Lipinski definition) is 3. The van der Waals surface area contributed by atoms with Gasteiger partial charge in [0.15, 0.2) is 0 Å². The first-order valence-electron chi connectivity index (χ1n) is 15.3. The van der Waals surface area contributed by atoms with E-state index in [1.54, 1.807) is 5.57 Å². The van der Waals surface area contributed by atoms with Crippen molar-refractivity contribution in [2.24, 2.45) is 46.3 Å². The molecule has 3 saturated carbocycles. The van der Waals surface area contributed by atoms with Gasteiger partial charge in [-0.25, -0.2) is 4.79 Å². The van der Waals surface area contributed by atoms with Gasteiger partial charge in [0.25, 0.3) is 0 Å². The topological polar surface area (TPSA) is 41.6 Å². The van der Waals surface area contributed by atoms with Gasteiger partial charge < -0.3 is 15.0 Å². The number of carbonyl (C=O) groups is 1. The molecular weight excluding hydrogens is 444 g/mol. The molecule has 0 saturated heterocycles. The largest absolute Gasteiger partial charge is 0.446 e. The first-order chi connectivity index (χ1) is 17.0. The molecule has 0 spiro atoms. The Balaban J connectivity index is 1.37. The lowest BCUT2D eigenvalue weighted by atomic mass is 9.47. The van der Waals surface area contributed by atoms with Crippen LogP contribution in [0.15, 0.2) is 11.6 Å². The zero-order chi connectivity index (χ0) is 26.1. The summed E-state index contributed by atoms with van der Waals surface area (Å²) >= 11 is 0. The van der Waals surface area contributed by atoms with E-state index < -0.39 is 0 Å². The maximum Gasteiger partial charge on any atom is 0.407 e. The van der Waals surface area contributed by atoms with Gasteiger partial charge in [0.2, 0.25) is 0 Å². The molecule has 206 valence electrons. The zero-order valence-corrected chi connectivity index (χ0v) is 24.6. The quantitative estimate of drug-likeness (QED) is 0.330. The monoisotopic (exact) mass is 500 g/mol. The van der Waals surface area contributed by atoms with E-state index in [-0.39, 0.29) is 12.2 Å². The Morgan fingerprint density at radius 2 is 1.86 bits per heavy atom. The minimum Gasteiger partial charge on any atom is -0.446 e. The molecule has 1 N–H and O–H groups in total. The Morgan fingerprint density at radius 3 is 2.58 bits per heavy atom. The molecule has 4 nitrogen and oxygen atoms in total. The van der Waals surface area contributed by atoms with Crippen LogP contribution in [0.2, 0.25) is 0 Å². The van der Waals surface area contributed by atoms with Gasteiger partial charge in [0.1, 0.15) is 6.10 Å². The fraction of sp³-hybridized carbons (Fsp3) is 0.906. The summed E-state index contributed by atoms with van der Waals surface area (Å²) in [5, 5.41) is 2.93. The summed E-state index contributed by atoms with van der Waals surface area (Å²) < 4.78 is 5.87. The van der Waals surface area contributed by atoms with Crippen LogP contribution in [0, 0.1) is 46.3 Å². The van der Waals surface area contributed by atoms with Crippen LogP contribution in [0.4, 0.5) is 4.79 Å². The third-order valence-corrected chi connectivity index (χ3v) is 11.4. The Labute approximate surface area is 222 Å². The minimum atomic E-state index is -0.243. The summed E-state index contributed by atoms with van der Waals surface area (Å²) in [6, 6.07) is 0. The van der Waals surface area contributed by atoms with Gasteiger partial charge in [-0.1, -0.05) is 65.5 Å². The molecule has 8 atom stereocenters. The average molecular weight is 501 g/mol. The number of likely N-dealkylation sites (N-methyl/N-ethyl adjacent to an activating group) is 1. The molecule has 4 rings (SSSR count). The fourth-order valence-corrected chi connectivity index (χ4v) is 9.33.